The van der Waals surface area contributed by atoms with Crippen LogP contribution in [0.25, 0.3) is 0 Å². The molecule has 0 aliphatic carbocycles. The highest BCUT2D eigenvalue weighted by atomic mass is 16.5. The van der Waals surface area contributed by atoms with Crippen molar-refractivity contribution >= 4 is 0 Å². The number of hydrogen-bond acceptors (Lipinski definition) is 4. The predicted octanol–water partition coefficient (Wildman–Crippen LogP) is 3.47. The van der Waals surface area contributed by atoms with Crippen LogP contribution in [0.1, 0.15) is 34.2 Å². The Balaban J connectivity index is 1.47. The van der Waals surface area contributed by atoms with Crippen LogP contribution in [-0.4, -0.2) is 33.0 Å². The van der Waals surface area contributed by atoms with Gasteiger partial charge in [-0.2, -0.15) is 0 Å². The molecule has 0 spiro atoms. The van der Waals surface area contributed by atoms with Crippen LogP contribution in [0.15, 0.2) is 54.7 Å². The number of nitrogens with zero attached hydrogens (tertiary/aromatic N) is 4. The van der Waals surface area contributed by atoms with E-state index in [2.05, 4.69) is 77.6 Å². The Kier molecular flexibility index (Phi) is 4.82. The molecule has 3 aromatic rings. The monoisotopic (exact) mass is 348 g/mol. The van der Waals surface area contributed by atoms with E-state index >= 15 is 0 Å². The van der Waals surface area contributed by atoms with E-state index in [0.717, 1.165) is 31.9 Å². The molecule has 1 fully saturated rings. The molecule has 0 amide bonds. The molecule has 134 valence electrons. The molecule has 1 aliphatic rings. The molecule has 1 saturated heterocycles. The molecule has 0 saturated carbocycles. The van der Waals surface area contributed by atoms with Crippen LogP contribution in [0.3, 0.4) is 0 Å². The highest BCUT2D eigenvalue weighted by Gasteiger charge is 2.29. The largest absolute Gasteiger partial charge is 0.356 e. The zero-order chi connectivity index (χ0) is 17.9. The van der Waals surface area contributed by atoms with Crippen molar-refractivity contribution in [2.24, 2.45) is 0 Å². The molecule has 2 heterocycles. The summed E-state index contributed by atoms with van der Waals surface area (Å²) >= 11 is 0. The van der Waals surface area contributed by atoms with E-state index in [1.807, 2.05) is 10.9 Å². The number of rotatable bonds is 5. The maximum atomic E-state index is 5.95. The predicted molar refractivity (Wildman–Crippen MR) is 101 cm³/mol. The zero-order valence-electron chi connectivity index (χ0n) is 15.3. The first-order chi connectivity index (χ1) is 12.7. The lowest BCUT2D eigenvalue weighted by molar-refractivity contribution is 0.0252. The Bertz CT molecular complexity index is 889. The number of benzene rings is 2. The van der Waals surface area contributed by atoms with Crippen molar-refractivity contribution in [3.05, 3.63) is 82.7 Å². The third-order valence-electron chi connectivity index (χ3n) is 4.69. The van der Waals surface area contributed by atoms with Crippen molar-refractivity contribution in [1.82, 2.24) is 19.9 Å². The first kappa shape index (κ1) is 16.9. The van der Waals surface area contributed by atoms with Gasteiger partial charge in [0.1, 0.15) is 5.69 Å². The average Bonchev–Trinajstić information content (AvgIpc) is 3.24. The Labute approximate surface area is 154 Å². The lowest BCUT2D eigenvalue weighted by atomic mass is 10.1. The van der Waals surface area contributed by atoms with Crippen LogP contribution in [0.4, 0.5) is 0 Å². The van der Waals surface area contributed by atoms with E-state index in [1.165, 1.54) is 22.3 Å². The topological polar surface area (TPSA) is 43.2 Å². The van der Waals surface area contributed by atoms with Crippen molar-refractivity contribution < 1.29 is 4.74 Å². The summed E-state index contributed by atoms with van der Waals surface area (Å²) in [5.74, 6) is 0. The van der Waals surface area contributed by atoms with Crippen molar-refractivity contribution in [3.8, 4) is 0 Å². The molecule has 4 rings (SSSR count). The summed E-state index contributed by atoms with van der Waals surface area (Å²) in [6, 6.07) is 17.1. The number of hydrogen-bond donors (Lipinski definition) is 0. The van der Waals surface area contributed by atoms with Gasteiger partial charge >= 0.3 is 0 Å². The van der Waals surface area contributed by atoms with Gasteiger partial charge in [-0.05, 0) is 25.0 Å². The van der Waals surface area contributed by atoms with Gasteiger partial charge in [0, 0.05) is 13.1 Å². The van der Waals surface area contributed by atoms with E-state index in [4.69, 9.17) is 4.74 Å². The smallest absolute Gasteiger partial charge is 0.157 e. The summed E-state index contributed by atoms with van der Waals surface area (Å²) in [6.45, 7) is 7.44. The summed E-state index contributed by atoms with van der Waals surface area (Å²) in [4.78, 5) is 2.32. The highest BCUT2D eigenvalue weighted by molar-refractivity contribution is 5.23. The van der Waals surface area contributed by atoms with Crippen molar-refractivity contribution in [1.29, 1.82) is 0 Å². The molecule has 1 atom stereocenters. The summed E-state index contributed by atoms with van der Waals surface area (Å²) in [6.07, 6.45) is 1.88. The average molecular weight is 348 g/mol. The van der Waals surface area contributed by atoms with Gasteiger partial charge in [-0.3, -0.25) is 4.90 Å². The van der Waals surface area contributed by atoms with Gasteiger partial charge in [-0.1, -0.05) is 64.9 Å². The van der Waals surface area contributed by atoms with Gasteiger partial charge in [-0.15, -0.1) is 5.10 Å². The van der Waals surface area contributed by atoms with Crippen LogP contribution in [-0.2, 0) is 17.8 Å². The second kappa shape index (κ2) is 7.40. The SMILES string of the molecule is Cc1cccc(CN2CCOC2c2cn(Cc3cccc(C)c3)nn2)c1. The molecule has 5 nitrogen and oxygen atoms in total. The van der Waals surface area contributed by atoms with Crippen molar-refractivity contribution in [2.75, 3.05) is 13.2 Å². The molecule has 0 bridgehead atoms. The summed E-state index contributed by atoms with van der Waals surface area (Å²) < 4.78 is 7.83. The molecule has 1 aromatic heterocycles. The van der Waals surface area contributed by atoms with Crippen molar-refractivity contribution in [2.45, 2.75) is 33.2 Å². The lowest BCUT2D eigenvalue weighted by Crippen LogP contribution is -2.23. The minimum atomic E-state index is -0.123. The minimum absolute atomic E-state index is 0.123. The third-order valence-corrected chi connectivity index (χ3v) is 4.69. The summed E-state index contributed by atoms with van der Waals surface area (Å²) in [5.41, 5.74) is 5.94. The number of aromatic nitrogens is 3. The Morgan fingerprint density at radius 2 is 1.69 bits per heavy atom. The summed E-state index contributed by atoms with van der Waals surface area (Å²) in [5, 5.41) is 8.67. The highest BCUT2D eigenvalue weighted by Crippen LogP contribution is 2.27. The third kappa shape index (κ3) is 3.84. The van der Waals surface area contributed by atoms with Crippen LogP contribution >= 0.6 is 0 Å². The fourth-order valence-electron chi connectivity index (χ4n) is 3.49. The van der Waals surface area contributed by atoms with Crippen LogP contribution < -0.4 is 0 Å². The second-order valence-corrected chi connectivity index (χ2v) is 7.01. The van der Waals surface area contributed by atoms with E-state index < -0.39 is 0 Å². The molecule has 1 unspecified atom stereocenters. The standard InChI is InChI=1S/C21H24N4O/c1-16-5-3-7-18(11-16)13-24-9-10-26-21(24)20-15-25(23-22-20)14-19-8-4-6-17(2)12-19/h3-8,11-12,15,21H,9-10,13-14H2,1-2H3. The first-order valence-electron chi connectivity index (χ1n) is 9.04. The van der Waals surface area contributed by atoms with E-state index in [1.54, 1.807) is 0 Å². The molecule has 1 aliphatic heterocycles. The molecule has 2 aromatic carbocycles. The fraction of sp³-hybridized carbons (Fsp3) is 0.333. The Morgan fingerprint density at radius 3 is 2.38 bits per heavy atom. The van der Waals surface area contributed by atoms with E-state index in [-0.39, 0.29) is 6.23 Å². The zero-order valence-corrected chi connectivity index (χ0v) is 15.3. The van der Waals surface area contributed by atoms with Crippen LogP contribution in [0, 0.1) is 13.8 Å². The molecule has 0 N–H and O–H groups in total. The maximum Gasteiger partial charge on any atom is 0.157 e. The van der Waals surface area contributed by atoms with Crippen molar-refractivity contribution in [3.63, 3.8) is 0 Å². The van der Waals surface area contributed by atoms with Gasteiger partial charge in [0.05, 0.1) is 19.3 Å². The minimum Gasteiger partial charge on any atom is -0.356 e. The van der Waals surface area contributed by atoms with Gasteiger partial charge in [0.15, 0.2) is 6.23 Å². The fourth-order valence-corrected chi connectivity index (χ4v) is 3.49. The maximum absolute atomic E-state index is 5.95. The lowest BCUT2D eigenvalue weighted by Gasteiger charge is -2.21. The van der Waals surface area contributed by atoms with Crippen LogP contribution in [0.5, 0.6) is 0 Å². The number of aryl methyl sites for hydroxylation is 2. The Morgan fingerprint density at radius 1 is 1.00 bits per heavy atom. The first-order valence-corrected chi connectivity index (χ1v) is 9.04. The molecular formula is C21H24N4O. The van der Waals surface area contributed by atoms with Gasteiger partial charge < -0.3 is 4.74 Å². The second-order valence-electron chi connectivity index (χ2n) is 7.01. The number of ether oxygens (including phenoxy) is 1. The van der Waals surface area contributed by atoms with E-state index in [9.17, 15) is 0 Å². The summed E-state index contributed by atoms with van der Waals surface area (Å²) in [7, 11) is 0. The molecular weight excluding hydrogens is 324 g/mol. The normalized spacial score (nSPS) is 17.7. The van der Waals surface area contributed by atoms with Gasteiger partial charge in [-0.25, -0.2) is 4.68 Å². The van der Waals surface area contributed by atoms with Gasteiger partial charge in [0.2, 0.25) is 0 Å². The van der Waals surface area contributed by atoms with Gasteiger partial charge in [0.25, 0.3) is 0 Å². The van der Waals surface area contributed by atoms with Crippen LogP contribution in [0.2, 0.25) is 0 Å². The quantitative estimate of drug-likeness (QED) is 0.708. The molecule has 5 heteroatoms. The Hall–Kier alpha value is -2.50. The van der Waals surface area contributed by atoms with E-state index in [0.29, 0.717) is 0 Å². The molecule has 26 heavy (non-hydrogen) atoms. The molecule has 0 radical (unpaired) electrons.